The van der Waals surface area contributed by atoms with Gasteiger partial charge in [-0.3, -0.25) is 9.89 Å². The van der Waals surface area contributed by atoms with Gasteiger partial charge in [0.2, 0.25) is 0 Å². The second-order valence-corrected chi connectivity index (χ2v) is 8.59. The Bertz CT molecular complexity index is 1370. The lowest BCUT2D eigenvalue weighted by molar-refractivity contribution is 0.0730. The molecule has 0 radical (unpaired) electrons. The molecule has 5 rings (SSSR count). The number of aryl methyl sites for hydroxylation is 2. The van der Waals surface area contributed by atoms with Gasteiger partial charge in [-0.25, -0.2) is 0 Å². The highest BCUT2D eigenvalue weighted by molar-refractivity contribution is 6.00. The summed E-state index contributed by atoms with van der Waals surface area (Å²) in [5.41, 5.74) is 5.76. The fourth-order valence-electron chi connectivity index (χ4n) is 4.79. The van der Waals surface area contributed by atoms with Crippen LogP contribution in [0.5, 0.6) is 17.2 Å². The maximum Gasteiger partial charge on any atom is 0.273 e. The van der Waals surface area contributed by atoms with Crippen molar-refractivity contribution in [3.8, 4) is 28.5 Å². The highest BCUT2D eigenvalue weighted by Gasteiger charge is 2.43. The van der Waals surface area contributed by atoms with Crippen LogP contribution >= 0.6 is 0 Å². The number of ether oxygens (including phenoxy) is 1. The zero-order valence-corrected chi connectivity index (χ0v) is 19.2. The largest absolute Gasteiger partial charge is 0.507 e. The van der Waals surface area contributed by atoms with Crippen molar-refractivity contribution in [2.24, 2.45) is 0 Å². The minimum Gasteiger partial charge on any atom is -0.507 e. The Morgan fingerprint density at radius 1 is 1.03 bits per heavy atom. The van der Waals surface area contributed by atoms with Crippen LogP contribution in [0.25, 0.3) is 11.3 Å². The van der Waals surface area contributed by atoms with E-state index in [-0.39, 0.29) is 17.4 Å². The van der Waals surface area contributed by atoms with Crippen molar-refractivity contribution in [2.75, 3.05) is 7.11 Å². The Labute approximate surface area is 197 Å². The molecule has 2 heterocycles. The molecule has 0 spiro atoms. The third-order valence-electron chi connectivity index (χ3n) is 6.27. The van der Waals surface area contributed by atoms with Gasteiger partial charge in [0.1, 0.15) is 17.1 Å². The van der Waals surface area contributed by atoms with Gasteiger partial charge in [0.15, 0.2) is 11.5 Å². The number of carbonyl (C=O) groups is 1. The van der Waals surface area contributed by atoms with E-state index in [9.17, 15) is 15.0 Å². The van der Waals surface area contributed by atoms with E-state index in [0.717, 1.165) is 22.3 Å². The van der Waals surface area contributed by atoms with Crippen molar-refractivity contribution in [1.29, 1.82) is 0 Å². The highest BCUT2D eigenvalue weighted by atomic mass is 16.5. The monoisotopic (exact) mass is 455 g/mol. The molecule has 172 valence electrons. The van der Waals surface area contributed by atoms with E-state index in [0.29, 0.717) is 34.8 Å². The van der Waals surface area contributed by atoms with Crippen molar-refractivity contribution in [1.82, 2.24) is 15.1 Å². The third kappa shape index (κ3) is 3.46. The second-order valence-electron chi connectivity index (χ2n) is 8.59. The number of hydrogen-bond acceptors (Lipinski definition) is 5. The molecule has 0 bridgehead atoms. The first-order valence-corrected chi connectivity index (χ1v) is 11.0. The first kappa shape index (κ1) is 21.6. The van der Waals surface area contributed by atoms with Crippen LogP contribution in [0.3, 0.4) is 0 Å². The highest BCUT2D eigenvalue weighted by Crippen LogP contribution is 2.47. The summed E-state index contributed by atoms with van der Waals surface area (Å²) < 4.78 is 5.34. The maximum atomic E-state index is 13.6. The van der Waals surface area contributed by atoms with E-state index in [4.69, 9.17) is 4.74 Å². The van der Waals surface area contributed by atoms with E-state index < -0.39 is 6.04 Å². The summed E-state index contributed by atoms with van der Waals surface area (Å²) in [6, 6.07) is 18.0. The first-order chi connectivity index (χ1) is 16.4. The van der Waals surface area contributed by atoms with Gasteiger partial charge in [-0.1, -0.05) is 42.5 Å². The molecule has 1 amide bonds. The number of H-pyrrole nitrogens is 1. The number of aromatic nitrogens is 2. The van der Waals surface area contributed by atoms with E-state index in [1.165, 1.54) is 7.11 Å². The molecule has 3 aromatic carbocycles. The van der Waals surface area contributed by atoms with Gasteiger partial charge in [0.05, 0.1) is 13.2 Å². The quantitative estimate of drug-likeness (QED) is 0.399. The zero-order valence-electron chi connectivity index (χ0n) is 19.2. The lowest BCUT2D eigenvalue weighted by atomic mass is 9.93. The number of fused-ring (bicyclic) bond motifs is 1. The molecule has 1 aliphatic rings. The lowest BCUT2D eigenvalue weighted by Gasteiger charge is -2.27. The van der Waals surface area contributed by atoms with Crippen LogP contribution in [-0.2, 0) is 6.54 Å². The van der Waals surface area contributed by atoms with Gasteiger partial charge in [-0.2, -0.15) is 5.10 Å². The molecule has 7 heteroatoms. The molecule has 1 aliphatic heterocycles. The average molecular weight is 456 g/mol. The number of phenols is 2. The summed E-state index contributed by atoms with van der Waals surface area (Å²) in [5, 5.41) is 28.4. The van der Waals surface area contributed by atoms with Crippen LogP contribution in [0.4, 0.5) is 0 Å². The molecule has 1 atom stereocenters. The molecule has 4 aromatic rings. The van der Waals surface area contributed by atoms with Gasteiger partial charge in [0.25, 0.3) is 5.91 Å². The van der Waals surface area contributed by atoms with Crippen LogP contribution < -0.4 is 4.74 Å². The van der Waals surface area contributed by atoms with Crippen LogP contribution in [0.15, 0.2) is 60.7 Å². The molecule has 0 saturated carbocycles. The average Bonchev–Trinajstić information content (AvgIpc) is 3.34. The molecule has 3 N–H and O–H groups in total. The van der Waals surface area contributed by atoms with Gasteiger partial charge in [-0.05, 0) is 54.3 Å². The zero-order chi connectivity index (χ0) is 24.0. The molecular formula is C27H25N3O4. The molecule has 7 nitrogen and oxygen atoms in total. The van der Waals surface area contributed by atoms with Crippen molar-refractivity contribution >= 4 is 5.91 Å². The number of amides is 1. The minimum atomic E-state index is -0.494. The van der Waals surface area contributed by atoms with Crippen LogP contribution in [0.1, 0.15) is 44.3 Å². The van der Waals surface area contributed by atoms with Crippen LogP contribution in [0, 0.1) is 13.8 Å². The fraction of sp³-hybridized carbons (Fsp3) is 0.185. The Balaban J connectivity index is 1.71. The number of aromatic amines is 1. The second kappa shape index (κ2) is 8.26. The smallest absolute Gasteiger partial charge is 0.273 e. The predicted molar refractivity (Wildman–Crippen MR) is 128 cm³/mol. The van der Waals surface area contributed by atoms with Gasteiger partial charge < -0.3 is 19.8 Å². The summed E-state index contributed by atoms with van der Waals surface area (Å²) in [4.78, 5) is 15.4. The summed E-state index contributed by atoms with van der Waals surface area (Å²) in [6.07, 6.45) is 0. The SMILES string of the molecule is COc1cc(C2c3c(-c4c(C)cc(C)cc4O)n[nH]c3C(=O)N2Cc2ccccc2)ccc1O. The van der Waals surface area contributed by atoms with Crippen molar-refractivity contribution < 1.29 is 19.7 Å². The lowest BCUT2D eigenvalue weighted by Crippen LogP contribution is -2.29. The van der Waals surface area contributed by atoms with Crippen LogP contribution in [0.2, 0.25) is 0 Å². The van der Waals surface area contributed by atoms with Crippen molar-refractivity contribution in [2.45, 2.75) is 26.4 Å². The number of aromatic hydroxyl groups is 2. The Hall–Kier alpha value is -4.26. The molecule has 0 aliphatic carbocycles. The first-order valence-electron chi connectivity index (χ1n) is 11.0. The number of phenolic OH excluding ortho intramolecular Hbond substituents is 2. The van der Waals surface area contributed by atoms with Gasteiger partial charge in [-0.15, -0.1) is 0 Å². The van der Waals surface area contributed by atoms with E-state index in [2.05, 4.69) is 10.2 Å². The fourth-order valence-corrected chi connectivity index (χ4v) is 4.79. The van der Waals surface area contributed by atoms with Crippen LogP contribution in [-0.4, -0.2) is 38.3 Å². The van der Waals surface area contributed by atoms with Gasteiger partial charge in [0, 0.05) is 17.7 Å². The Morgan fingerprint density at radius 3 is 2.50 bits per heavy atom. The number of hydrogen-bond donors (Lipinski definition) is 3. The summed E-state index contributed by atoms with van der Waals surface area (Å²) in [6.45, 7) is 4.22. The van der Waals surface area contributed by atoms with E-state index in [1.54, 1.807) is 29.2 Å². The molecule has 0 saturated heterocycles. The number of nitrogens with zero attached hydrogens (tertiary/aromatic N) is 2. The maximum absolute atomic E-state index is 13.6. The molecule has 1 aromatic heterocycles. The normalized spacial score (nSPS) is 15.0. The molecule has 1 unspecified atom stereocenters. The summed E-state index contributed by atoms with van der Waals surface area (Å²) >= 11 is 0. The number of rotatable bonds is 5. The summed E-state index contributed by atoms with van der Waals surface area (Å²) in [5.74, 6) is 0.268. The van der Waals surface area contributed by atoms with Crippen molar-refractivity contribution in [3.05, 3.63) is 94.2 Å². The number of nitrogens with one attached hydrogen (secondary N) is 1. The predicted octanol–water partition coefficient (Wildman–Crippen LogP) is 4.86. The number of methoxy groups -OCH3 is 1. The Kier molecular flexibility index (Phi) is 5.24. The van der Waals surface area contributed by atoms with Crippen molar-refractivity contribution in [3.63, 3.8) is 0 Å². The standard InChI is InChI=1S/C27H25N3O4/c1-15-11-16(2)22(20(32)12-15)24-23-25(29-28-24)27(33)30(14-17-7-5-4-6-8-17)26(23)18-9-10-19(31)21(13-18)34-3/h4-13,26,31-32H,14H2,1-3H3,(H,28,29). The number of benzene rings is 3. The Morgan fingerprint density at radius 2 is 1.79 bits per heavy atom. The minimum absolute atomic E-state index is 0.0184. The molecule has 0 fully saturated rings. The summed E-state index contributed by atoms with van der Waals surface area (Å²) in [7, 11) is 1.49. The van der Waals surface area contributed by atoms with Gasteiger partial charge >= 0.3 is 0 Å². The number of carbonyl (C=O) groups excluding carboxylic acids is 1. The molecular weight excluding hydrogens is 430 g/mol. The van der Waals surface area contributed by atoms with E-state index >= 15 is 0 Å². The topological polar surface area (TPSA) is 98.7 Å². The molecule has 34 heavy (non-hydrogen) atoms. The van der Waals surface area contributed by atoms with E-state index in [1.807, 2.05) is 50.2 Å². The third-order valence-corrected chi connectivity index (χ3v) is 6.27.